The fourth-order valence-corrected chi connectivity index (χ4v) is 5.90. The lowest BCUT2D eigenvalue weighted by molar-refractivity contribution is -0.153. The van der Waals surface area contributed by atoms with Gasteiger partial charge in [0, 0.05) is 25.5 Å². The first kappa shape index (κ1) is 29.7. The van der Waals surface area contributed by atoms with E-state index in [1.807, 2.05) is 57.2 Å². The quantitative estimate of drug-likeness (QED) is 0.363. The molecule has 216 valence electrons. The van der Waals surface area contributed by atoms with Crippen molar-refractivity contribution < 1.29 is 33.3 Å². The van der Waals surface area contributed by atoms with E-state index >= 15 is 0 Å². The number of amides is 2. The summed E-state index contributed by atoms with van der Waals surface area (Å²) in [6, 6.07) is 18.1. The molecule has 0 radical (unpaired) electrons. The number of benzene rings is 2. The van der Waals surface area contributed by atoms with Crippen molar-refractivity contribution in [3.05, 3.63) is 71.8 Å². The van der Waals surface area contributed by atoms with Crippen LogP contribution >= 0.6 is 0 Å². The maximum Gasteiger partial charge on any atom is 0.417 e. The number of cyclic esters (lactones) is 1. The van der Waals surface area contributed by atoms with E-state index in [0.29, 0.717) is 24.8 Å². The molecule has 0 spiro atoms. The van der Waals surface area contributed by atoms with Gasteiger partial charge in [-0.15, -0.1) is 0 Å². The SMILES string of the molecule is CO[C@H]1C[C@H](C[C@@H](OC(=O)c2ccccc2)[C@H](C)[C@H]2OC(=O)N([C@H](C)Cc3ccccc3)C(=O)[C@H]2C)O[C@@H](C)C1. The molecule has 8 nitrogen and oxygen atoms in total. The van der Waals surface area contributed by atoms with Crippen molar-refractivity contribution in [3.8, 4) is 0 Å². The van der Waals surface area contributed by atoms with Gasteiger partial charge in [0.05, 0.1) is 29.8 Å². The maximum absolute atomic E-state index is 13.5. The number of ether oxygens (including phenoxy) is 4. The van der Waals surface area contributed by atoms with E-state index in [9.17, 15) is 14.4 Å². The number of nitrogens with zero attached hydrogens (tertiary/aromatic N) is 1. The highest BCUT2D eigenvalue weighted by Gasteiger charge is 2.47. The summed E-state index contributed by atoms with van der Waals surface area (Å²) in [6.45, 7) is 7.49. The molecule has 2 fully saturated rings. The minimum atomic E-state index is -0.756. The number of methoxy groups -OCH3 is 1. The monoisotopic (exact) mass is 551 g/mol. The Bertz CT molecular complexity index is 1140. The highest BCUT2D eigenvalue weighted by Crippen LogP contribution is 2.34. The van der Waals surface area contributed by atoms with Gasteiger partial charge in [0.15, 0.2) is 0 Å². The molecule has 4 rings (SSSR count). The third-order valence-electron chi connectivity index (χ3n) is 8.11. The van der Waals surface area contributed by atoms with Crippen LogP contribution in [-0.4, -0.2) is 66.5 Å². The molecule has 8 atom stereocenters. The van der Waals surface area contributed by atoms with Crippen LogP contribution in [-0.2, 0) is 30.2 Å². The summed E-state index contributed by atoms with van der Waals surface area (Å²) >= 11 is 0. The molecule has 0 saturated carbocycles. The molecule has 2 aromatic rings. The Morgan fingerprint density at radius 3 is 2.30 bits per heavy atom. The van der Waals surface area contributed by atoms with Crippen molar-refractivity contribution in [2.45, 2.75) is 89.9 Å². The summed E-state index contributed by atoms with van der Waals surface area (Å²) in [7, 11) is 1.69. The first-order valence-corrected chi connectivity index (χ1v) is 14.2. The van der Waals surface area contributed by atoms with Crippen molar-refractivity contribution in [1.82, 2.24) is 4.90 Å². The molecule has 2 saturated heterocycles. The number of rotatable bonds is 10. The van der Waals surface area contributed by atoms with E-state index < -0.39 is 36.1 Å². The molecule has 2 aromatic carbocycles. The third kappa shape index (κ3) is 7.09. The van der Waals surface area contributed by atoms with Gasteiger partial charge < -0.3 is 18.9 Å². The van der Waals surface area contributed by atoms with Crippen molar-refractivity contribution in [3.63, 3.8) is 0 Å². The van der Waals surface area contributed by atoms with Gasteiger partial charge in [0.25, 0.3) is 0 Å². The van der Waals surface area contributed by atoms with Gasteiger partial charge in [-0.2, -0.15) is 0 Å². The molecular weight excluding hydrogens is 510 g/mol. The van der Waals surface area contributed by atoms with Crippen LogP contribution in [0.1, 0.15) is 62.9 Å². The molecule has 0 aromatic heterocycles. The summed E-state index contributed by atoms with van der Waals surface area (Å²) in [5.41, 5.74) is 1.46. The molecule has 2 aliphatic heterocycles. The van der Waals surface area contributed by atoms with Crippen molar-refractivity contribution >= 4 is 18.0 Å². The zero-order chi connectivity index (χ0) is 28.8. The number of hydrogen-bond donors (Lipinski definition) is 0. The van der Waals surface area contributed by atoms with E-state index in [2.05, 4.69) is 0 Å². The van der Waals surface area contributed by atoms with Gasteiger partial charge in [0.1, 0.15) is 12.2 Å². The number of carbonyl (C=O) groups is 3. The molecule has 2 heterocycles. The minimum Gasteiger partial charge on any atom is -0.458 e. The highest BCUT2D eigenvalue weighted by molar-refractivity contribution is 5.96. The number of esters is 1. The zero-order valence-electron chi connectivity index (χ0n) is 24.0. The summed E-state index contributed by atoms with van der Waals surface area (Å²) in [6.07, 6.45) is 0.137. The summed E-state index contributed by atoms with van der Waals surface area (Å²) in [4.78, 5) is 41.1. The topological polar surface area (TPSA) is 91.4 Å². The standard InChI is InChI=1S/C32H41NO7/c1-20(16-24-12-8-6-9-13-24)33-30(34)23(4)29(40-32(33)36)22(3)28(39-31(35)25-14-10-7-11-15-25)19-27-18-26(37-5)17-21(2)38-27/h6-15,20-23,26-29H,16-19H2,1-5H3/t20-,21+,22+,23+,26-,27-,28-,29-/m1/s1. The van der Waals surface area contributed by atoms with Crippen LogP contribution in [0.2, 0.25) is 0 Å². The van der Waals surface area contributed by atoms with E-state index in [-0.39, 0.29) is 30.3 Å². The van der Waals surface area contributed by atoms with Gasteiger partial charge in [0.2, 0.25) is 5.91 Å². The maximum atomic E-state index is 13.5. The van der Waals surface area contributed by atoms with Crippen LogP contribution in [0.3, 0.4) is 0 Å². The van der Waals surface area contributed by atoms with Crippen LogP contribution in [0.15, 0.2) is 60.7 Å². The third-order valence-corrected chi connectivity index (χ3v) is 8.11. The van der Waals surface area contributed by atoms with Crippen molar-refractivity contribution in [2.24, 2.45) is 11.8 Å². The fraction of sp³-hybridized carbons (Fsp3) is 0.531. The normalized spacial score (nSPS) is 27.4. The fourth-order valence-electron chi connectivity index (χ4n) is 5.90. The molecule has 2 amide bonds. The Balaban J connectivity index is 1.51. The van der Waals surface area contributed by atoms with Crippen molar-refractivity contribution in [2.75, 3.05) is 7.11 Å². The average Bonchev–Trinajstić information content (AvgIpc) is 2.95. The summed E-state index contributed by atoms with van der Waals surface area (Å²) in [5.74, 6) is -1.82. The smallest absolute Gasteiger partial charge is 0.417 e. The minimum absolute atomic E-state index is 0.00264. The average molecular weight is 552 g/mol. The van der Waals surface area contributed by atoms with Crippen LogP contribution in [0.25, 0.3) is 0 Å². The lowest BCUT2D eigenvalue weighted by Crippen LogP contribution is -2.58. The van der Waals surface area contributed by atoms with E-state index in [0.717, 1.165) is 12.0 Å². The predicted octanol–water partition coefficient (Wildman–Crippen LogP) is 5.44. The van der Waals surface area contributed by atoms with Gasteiger partial charge in [-0.3, -0.25) is 4.79 Å². The number of hydrogen-bond acceptors (Lipinski definition) is 7. The van der Waals surface area contributed by atoms with E-state index in [4.69, 9.17) is 18.9 Å². The van der Waals surface area contributed by atoms with Gasteiger partial charge in [-0.05, 0) is 57.7 Å². The highest BCUT2D eigenvalue weighted by atomic mass is 16.6. The number of imide groups is 1. The molecule has 40 heavy (non-hydrogen) atoms. The van der Waals surface area contributed by atoms with Gasteiger partial charge in [-0.1, -0.05) is 55.5 Å². The Morgan fingerprint density at radius 1 is 1.00 bits per heavy atom. The Labute approximate surface area is 236 Å². The van der Waals surface area contributed by atoms with Crippen molar-refractivity contribution in [1.29, 1.82) is 0 Å². The zero-order valence-corrected chi connectivity index (χ0v) is 24.0. The second-order valence-corrected chi connectivity index (χ2v) is 11.2. The lowest BCUT2D eigenvalue weighted by Gasteiger charge is -2.42. The predicted molar refractivity (Wildman–Crippen MR) is 150 cm³/mol. The number of carbonyl (C=O) groups excluding carboxylic acids is 3. The van der Waals surface area contributed by atoms with E-state index in [1.165, 1.54) is 4.90 Å². The van der Waals surface area contributed by atoms with Crippen LogP contribution in [0, 0.1) is 11.8 Å². The van der Waals surface area contributed by atoms with E-state index in [1.54, 1.807) is 38.3 Å². The van der Waals surface area contributed by atoms with Crippen LogP contribution in [0.4, 0.5) is 4.79 Å². The Hall–Kier alpha value is -3.23. The largest absolute Gasteiger partial charge is 0.458 e. The molecule has 8 heteroatoms. The summed E-state index contributed by atoms with van der Waals surface area (Å²) < 4.78 is 23.8. The second-order valence-electron chi connectivity index (χ2n) is 11.2. The Morgan fingerprint density at radius 2 is 1.65 bits per heavy atom. The summed E-state index contributed by atoms with van der Waals surface area (Å²) in [5, 5.41) is 0. The molecule has 0 unspecified atom stereocenters. The first-order chi connectivity index (χ1) is 19.2. The molecule has 0 aliphatic carbocycles. The first-order valence-electron chi connectivity index (χ1n) is 14.2. The molecule has 0 bridgehead atoms. The van der Waals surface area contributed by atoms with Crippen LogP contribution < -0.4 is 0 Å². The van der Waals surface area contributed by atoms with Crippen LogP contribution in [0.5, 0.6) is 0 Å². The van der Waals surface area contributed by atoms with Gasteiger partial charge >= 0.3 is 12.1 Å². The lowest BCUT2D eigenvalue weighted by atomic mass is 9.84. The molecular formula is C32H41NO7. The molecule has 2 aliphatic rings. The molecule has 0 N–H and O–H groups in total. The second kappa shape index (κ2) is 13.4. The van der Waals surface area contributed by atoms with Gasteiger partial charge in [-0.25, -0.2) is 14.5 Å². The Kier molecular flexibility index (Phi) is 9.98.